The minimum absolute atomic E-state index is 0.0190. The van der Waals surface area contributed by atoms with Crippen LogP contribution in [0.3, 0.4) is 0 Å². The summed E-state index contributed by atoms with van der Waals surface area (Å²) in [6, 6.07) is 10.3. The van der Waals surface area contributed by atoms with E-state index in [1.54, 1.807) is 28.9 Å². The summed E-state index contributed by atoms with van der Waals surface area (Å²) in [6.45, 7) is 2.46. The Kier molecular flexibility index (Phi) is 3.87. The lowest BCUT2D eigenvalue weighted by molar-refractivity contribution is 0.0461. The molecular formula is C17H18FN5O. The molecule has 24 heavy (non-hydrogen) atoms. The average Bonchev–Trinajstić information content (AvgIpc) is 3.10. The molecule has 1 atom stereocenters. The van der Waals surface area contributed by atoms with Crippen LogP contribution in [0, 0.1) is 5.82 Å². The van der Waals surface area contributed by atoms with Gasteiger partial charge in [0.2, 0.25) is 0 Å². The Hall–Kier alpha value is -2.51. The summed E-state index contributed by atoms with van der Waals surface area (Å²) < 4.78 is 21.6. The SMILES string of the molecule is NC[C@H]1CN(c2cc(-c3ccccc3F)nc3ccnn23)CCO1. The van der Waals surface area contributed by atoms with Crippen molar-refractivity contribution in [3.8, 4) is 11.3 Å². The Bertz CT molecular complexity index is 865. The van der Waals surface area contributed by atoms with Gasteiger partial charge in [-0.3, -0.25) is 0 Å². The van der Waals surface area contributed by atoms with Gasteiger partial charge in [-0.1, -0.05) is 12.1 Å². The molecule has 1 fully saturated rings. The minimum atomic E-state index is -0.290. The second kappa shape index (κ2) is 6.18. The third-order valence-electron chi connectivity index (χ3n) is 4.22. The summed E-state index contributed by atoms with van der Waals surface area (Å²) in [5.41, 5.74) is 7.49. The maximum Gasteiger partial charge on any atom is 0.157 e. The molecule has 1 saturated heterocycles. The summed E-state index contributed by atoms with van der Waals surface area (Å²) in [6.07, 6.45) is 1.67. The molecule has 0 aliphatic carbocycles. The van der Waals surface area contributed by atoms with Crippen LogP contribution in [0.5, 0.6) is 0 Å². The third kappa shape index (κ3) is 2.61. The minimum Gasteiger partial charge on any atom is -0.373 e. The lowest BCUT2D eigenvalue weighted by Gasteiger charge is -2.34. The molecule has 0 unspecified atom stereocenters. The van der Waals surface area contributed by atoms with Gasteiger partial charge in [0.1, 0.15) is 11.6 Å². The van der Waals surface area contributed by atoms with Gasteiger partial charge >= 0.3 is 0 Å². The highest BCUT2D eigenvalue weighted by Crippen LogP contribution is 2.27. The van der Waals surface area contributed by atoms with Gasteiger partial charge in [-0.15, -0.1) is 0 Å². The number of rotatable bonds is 3. The molecule has 6 nitrogen and oxygen atoms in total. The smallest absolute Gasteiger partial charge is 0.157 e. The molecule has 2 aromatic heterocycles. The highest BCUT2D eigenvalue weighted by atomic mass is 19.1. The van der Waals surface area contributed by atoms with Crippen LogP contribution < -0.4 is 10.6 Å². The van der Waals surface area contributed by atoms with E-state index in [4.69, 9.17) is 10.5 Å². The van der Waals surface area contributed by atoms with Crippen molar-refractivity contribution in [2.75, 3.05) is 31.1 Å². The second-order valence-corrected chi connectivity index (χ2v) is 5.76. The number of benzene rings is 1. The second-order valence-electron chi connectivity index (χ2n) is 5.76. The Morgan fingerprint density at radius 3 is 3.00 bits per heavy atom. The molecule has 2 N–H and O–H groups in total. The normalized spacial score (nSPS) is 18.2. The van der Waals surface area contributed by atoms with Crippen LogP contribution in [-0.2, 0) is 4.74 Å². The van der Waals surface area contributed by atoms with Crippen molar-refractivity contribution in [1.82, 2.24) is 14.6 Å². The van der Waals surface area contributed by atoms with Crippen LogP contribution in [0.15, 0.2) is 42.6 Å². The van der Waals surface area contributed by atoms with E-state index in [0.717, 1.165) is 12.4 Å². The number of ether oxygens (including phenoxy) is 1. The van der Waals surface area contributed by atoms with Crippen molar-refractivity contribution in [3.63, 3.8) is 0 Å². The quantitative estimate of drug-likeness (QED) is 0.793. The summed E-state index contributed by atoms with van der Waals surface area (Å²) in [4.78, 5) is 6.70. The zero-order valence-corrected chi connectivity index (χ0v) is 13.1. The highest BCUT2D eigenvalue weighted by molar-refractivity contribution is 5.67. The van der Waals surface area contributed by atoms with Crippen molar-refractivity contribution in [2.24, 2.45) is 5.73 Å². The van der Waals surface area contributed by atoms with Gasteiger partial charge < -0.3 is 15.4 Å². The van der Waals surface area contributed by atoms with Crippen LogP contribution >= 0.6 is 0 Å². The predicted molar refractivity (Wildman–Crippen MR) is 89.4 cm³/mol. The van der Waals surface area contributed by atoms with Crippen LogP contribution in [0.25, 0.3) is 16.9 Å². The summed E-state index contributed by atoms with van der Waals surface area (Å²) in [5, 5.41) is 4.35. The number of halogens is 1. The van der Waals surface area contributed by atoms with Crippen molar-refractivity contribution < 1.29 is 9.13 Å². The van der Waals surface area contributed by atoms with Crippen LogP contribution in [-0.4, -0.2) is 46.9 Å². The summed E-state index contributed by atoms with van der Waals surface area (Å²) in [5.74, 6) is 0.576. The van der Waals surface area contributed by atoms with Crippen molar-refractivity contribution >= 4 is 11.5 Å². The molecular weight excluding hydrogens is 309 g/mol. The number of nitrogens with zero attached hydrogens (tertiary/aromatic N) is 4. The fraction of sp³-hybridized carbons (Fsp3) is 0.294. The molecule has 0 radical (unpaired) electrons. The largest absolute Gasteiger partial charge is 0.373 e. The van der Waals surface area contributed by atoms with E-state index in [2.05, 4.69) is 15.0 Å². The number of anilines is 1. The van der Waals surface area contributed by atoms with E-state index < -0.39 is 0 Å². The molecule has 3 heterocycles. The molecule has 0 saturated carbocycles. The average molecular weight is 327 g/mol. The molecule has 7 heteroatoms. The number of hydrogen-bond donors (Lipinski definition) is 1. The topological polar surface area (TPSA) is 68.7 Å². The Morgan fingerprint density at radius 1 is 1.29 bits per heavy atom. The van der Waals surface area contributed by atoms with Crippen LogP contribution in [0.4, 0.5) is 10.2 Å². The number of nitrogens with two attached hydrogens (primary N) is 1. The van der Waals surface area contributed by atoms with Crippen LogP contribution in [0.2, 0.25) is 0 Å². The van der Waals surface area contributed by atoms with Gasteiger partial charge in [0.25, 0.3) is 0 Å². The number of morpholine rings is 1. The van der Waals surface area contributed by atoms with E-state index in [1.165, 1.54) is 6.07 Å². The van der Waals surface area contributed by atoms with Crippen LogP contribution in [0.1, 0.15) is 0 Å². The van der Waals surface area contributed by atoms with Gasteiger partial charge in [0.05, 0.1) is 24.6 Å². The Balaban J connectivity index is 1.83. The van der Waals surface area contributed by atoms with Gasteiger partial charge in [0.15, 0.2) is 5.65 Å². The predicted octanol–water partition coefficient (Wildman–Crippen LogP) is 1.70. The Labute approximate surface area is 138 Å². The summed E-state index contributed by atoms with van der Waals surface area (Å²) >= 11 is 0. The molecule has 0 spiro atoms. The highest BCUT2D eigenvalue weighted by Gasteiger charge is 2.23. The lowest BCUT2D eigenvalue weighted by atomic mass is 10.1. The zero-order valence-electron chi connectivity index (χ0n) is 13.1. The maximum atomic E-state index is 14.2. The molecule has 1 aromatic carbocycles. The van der Waals surface area contributed by atoms with Crippen molar-refractivity contribution in [3.05, 3.63) is 48.4 Å². The maximum absolute atomic E-state index is 14.2. The number of fused-ring (bicyclic) bond motifs is 1. The molecule has 3 aromatic rings. The monoisotopic (exact) mass is 327 g/mol. The van der Waals surface area contributed by atoms with E-state index in [9.17, 15) is 4.39 Å². The van der Waals surface area contributed by atoms with E-state index >= 15 is 0 Å². The first kappa shape index (κ1) is 15.0. The zero-order chi connectivity index (χ0) is 16.5. The van der Waals surface area contributed by atoms with E-state index in [0.29, 0.717) is 36.6 Å². The first-order valence-corrected chi connectivity index (χ1v) is 7.92. The van der Waals surface area contributed by atoms with Gasteiger partial charge in [-0.25, -0.2) is 9.37 Å². The number of hydrogen-bond acceptors (Lipinski definition) is 5. The molecule has 1 aliphatic rings. The first-order chi connectivity index (χ1) is 11.8. The fourth-order valence-electron chi connectivity index (χ4n) is 3.00. The van der Waals surface area contributed by atoms with Crippen molar-refractivity contribution in [1.29, 1.82) is 0 Å². The molecule has 1 aliphatic heterocycles. The molecule has 0 bridgehead atoms. The Morgan fingerprint density at radius 2 is 2.17 bits per heavy atom. The first-order valence-electron chi connectivity index (χ1n) is 7.92. The molecule has 4 rings (SSSR count). The van der Waals surface area contributed by atoms with E-state index in [1.807, 2.05) is 12.1 Å². The fourth-order valence-corrected chi connectivity index (χ4v) is 3.00. The molecule has 0 amide bonds. The number of aromatic nitrogens is 3. The van der Waals surface area contributed by atoms with Gasteiger partial charge in [0, 0.05) is 37.3 Å². The van der Waals surface area contributed by atoms with Gasteiger partial charge in [-0.05, 0) is 12.1 Å². The molecule has 124 valence electrons. The van der Waals surface area contributed by atoms with Crippen molar-refractivity contribution in [2.45, 2.75) is 6.10 Å². The standard InChI is InChI=1S/C17H18FN5O/c18-14-4-2-1-3-13(14)15-9-17(23-16(21-15)5-6-20-23)22-7-8-24-12(10-19)11-22/h1-6,9,12H,7-8,10-11,19H2/t12-/m0/s1. The van der Waals surface area contributed by atoms with Gasteiger partial charge in [-0.2, -0.15) is 9.61 Å². The summed E-state index contributed by atoms with van der Waals surface area (Å²) in [7, 11) is 0. The third-order valence-corrected chi connectivity index (χ3v) is 4.22. The van der Waals surface area contributed by atoms with E-state index in [-0.39, 0.29) is 11.9 Å². The lowest BCUT2D eigenvalue weighted by Crippen LogP contribution is -2.46.